The molecule has 0 spiro atoms. The number of hydrogen-bond acceptors (Lipinski definition) is 7. The molecule has 4 heterocycles. The minimum atomic E-state index is -0.278. The third-order valence-electron chi connectivity index (χ3n) is 6.83. The molecule has 1 aromatic carbocycles. The van der Waals surface area contributed by atoms with Gasteiger partial charge in [0.25, 0.3) is 0 Å². The topological polar surface area (TPSA) is 74.9 Å². The van der Waals surface area contributed by atoms with Gasteiger partial charge >= 0.3 is 0 Å². The molecular weight excluding hydrogens is 434 g/mol. The van der Waals surface area contributed by atoms with Crippen molar-refractivity contribution in [3.63, 3.8) is 0 Å². The van der Waals surface area contributed by atoms with E-state index >= 15 is 0 Å². The standard InChI is InChI=1S/C25H29N5O2S/c31-22-4-2-1-3-20(22)27-25-28-21-6-5-17(14-23(21)33-25)13-19-16-26-24-15-18(7-8-30(19)24)29-9-11-32-12-10-29/h5-8,14-16,20,22,31H,1-4,9-13H2,(H,27,28). The number of aliphatic hydroxyl groups is 1. The lowest BCUT2D eigenvalue weighted by atomic mass is 9.93. The zero-order chi connectivity index (χ0) is 22.2. The van der Waals surface area contributed by atoms with Gasteiger partial charge < -0.3 is 24.5 Å². The summed E-state index contributed by atoms with van der Waals surface area (Å²) < 4.78 is 8.82. The maximum atomic E-state index is 10.3. The van der Waals surface area contributed by atoms with Crippen molar-refractivity contribution in [2.24, 2.45) is 0 Å². The first kappa shape index (κ1) is 20.9. The van der Waals surface area contributed by atoms with Gasteiger partial charge in [0.1, 0.15) is 5.65 Å². The molecule has 2 fully saturated rings. The van der Waals surface area contributed by atoms with Gasteiger partial charge in [-0.25, -0.2) is 9.97 Å². The number of imidazole rings is 1. The molecule has 0 bridgehead atoms. The van der Waals surface area contributed by atoms with Crippen molar-refractivity contribution in [1.29, 1.82) is 0 Å². The van der Waals surface area contributed by atoms with Gasteiger partial charge in [0.2, 0.25) is 0 Å². The van der Waals surface area contributed by atoms with Crippen molar-refractivity contribution in [3.8, 4) is 0 Å². The molecule has 8 heteroatoms. The molecule has 33 heavy (non-hydrogen) atoms. The molecule has 172 valence electrons. The molecular formula is C25H29N5O2S. The number of fused-ring (bicyclic) bond motifs is 2. The Morgan fingerprint density at radius 3 is 2.88 bits per heavy atom. The lowest BCUT2D eigenvalue weighted by Crippen LogP contribution is -2.36. The van der Waals surface area contributed by atoms with Crippen LogP contribution in [0.3, 0.4) is 0 Å². The highest BCUT2D eigenvalue weighted by Crippen LogP contribution is 2.30. The minimum absolute atomic E-state index is 0.110. The summed E-state index contributed by atoms with van der Waals surface area (Å²) in [7, 11) is 0. The third-order valence-corrected chi connectivity index (χ3v) is 7.78. The number of anilines is 2. The lowest BCUT2D eigenvalue weighted by molar-refractivity contribution is 0.116. The highest BCUT2D eigenvalue weighted by Gasteiger charge is 2.23. The summed E-state index contributed by atoms with van der Waals surface area (Å²) in [6, 6.07) is 10.9. The normalized spacial score (nSPS) is 21.7. The third kappa shape index (κ3) is 4.30. The van der Waals surface area contributed by atoms with Crippen LogP contribution in [0.1, 0.15) is 36.9 Å². The van der Waals surface area contributed by atoms with Crippen molar-refractivity contribution in [1.82, 2.24) is 14.4 Å². The van der Waals surface area contributed by atoms with Crippen LogP contribution in [-0.2, 0) is 11.2 Å². The molecule has 0 radical (unpaired) electrons. The summed E-state index contributed by atoms with van der Waals surface area (Å²) in [5.74, 6) is 0. The molecule has 2 atom stereocenters. The Hall–Kier alpha value is -2.68. The van der Waals surface area contributed by atoms with Crippen LogP contribution in [0.5, 0.6) is 0 Å². The van der Waals surface area contributed by atoms with Crippen molar-refractivity contribution in [3.05, 3.63) is 54.0 Å². The largest absolute Gasteiger partial charge is 0.391 e. The van der Waals surface area contributed by atoms with E-state index in [9.17, 15) is 5.11 Å². The van der Waals surface area contributed by atoms with E-state index in [-0.39, 0.29) is 12.1 Å². The Balaban J connectivity index is 1.20. The van der Waals surface area contributed by atoms with Gasteiger partial charge in [-0.3, -0.25) is 0 Å². The van der Waals surface area contributed by atoms with Crippen molar-refractivity contribution < 1.29 is 9.84 Å². The highest BCUT2D eigenvalue weighted by atomic mass is 32.1. The predicted octanol–water partition coefficient (Wildman–Crippen LogP) is 4.09. The molecule has 2 aliphatic rings. The van der Waals surface area contributed by atoms with Gasteiger partial charge in [0.05, 0.1) is 35.6 Å². The van der Waals surface area contributed by atoms with Crippen LogP contribution in [0.2, 0.25) is 0 Å². The predicted molar refractivity (Wildman–Crippen MR) is 133 cm³/mol. The quantitative estimate of drug-likeness (QED) is 0.464. The maximum Gasteiger partial charge on any atom is 0.184 e. The monoisotopic (exact) mass is 463 g/mol. The lowest BCUT2D eigenvalue weighted by Gasteiger charge is -2.28. The molecule has 1 saturated carbocycles. The van der Waals surface area contributed by atoms with Crippen LogP contribution in [0.25, 0.3) is 15.9 Å². The average Bonchev–Trinajstić information content (AvgIpc) is 3.44. The number of nitrogens with one attached hydrogen (secondary N) is 1. The number of thiazole rings is 1. The second kappa shape index (κ2) is 8.93. The molecule has 1 aliphatic carbocycles. The number of benzene rings is 1. The van der Waals surface area contributed by atoms with E-state index in [1.807, 2.05) is 6.20 Å². The van der Waals surface area contributed by atoms with Crippen LogP contribution in [0.15, 0.2) is 42.7 Å². The van der Waals surface area contributed by atoms with E-state index in [1.54, 1.807) is 11.3 Å². The van der Waals surface area contributed by atoms with E-state index in [0.29, 0.717) is 0 Å². The number of morpholine rings is 1. The van der Waals surface area contributed by atoms with Gasteiger partial charge in [0.15, 0.2) is 5.13 Å². The van der Waals surface area contributed by atoms with Crippen LogP contribution >= 0.6 is 11.3 Å². The summed E-state index contributed by atoms with van der Waals surface area (Å²) in [6.45, 7) is 3.41. The van der Waals surface area contributed by atoms with Crippen LogP contribution < -0.4 is 10.2 Å². The molecule has 1 saturated heterocycles. The second-order valence-electron chi connectivity index (χ2n) is 9.06. The Morgan fingerprint density at radius 2 is 2.00 bits per heavy atom. The fourth-order valence-electron chi connectivity index (χ4n) is 4.96. The molecule has 2 N–H and O–H groups in total. The molecule has 0 amide bonds. The van der Waals surface area contributed by atoms with Crippen LogP contribution in [0.4, 0.5) is 10.8 Å². The first-order chi connectivity index (χ1) is 16.2. The van der Waals surface area contributed by atoms with Crippen molar-refractivity contribution in [2.45, 2.75) is 44.2 Å². The zero-order valence-electron chi connectivity index (χ0n) is 18.6. The van der Waals surface area contributed by atoms with Gasteiger partial charge in [-0.15, -0.1) is 0 Å². The molecule has 6 rings (SSSR count). The Morgan fingerprint density at radius 1 is 1.12 bits per heavy atom. The Labute approximate surface area is 197 Å². The summed E-state index contributed by atoms with van der Waals surface area (Å²) in [5.41, 5.74) is 5.60. The summed E-state index contributed by atoms with van der Waals surface area (Å²) in [4.78, 5) is 11.8. The second-order valence-corrected chi connectivity index (χ2v) is 10.1. The zero-order valence-corrected chi connectivity index (χ0v) is 19.4. The van der Waals surface area contributed by atoms with Gasteiger partial charge in [-0.2, -0.15) is 0 Å². The number of pyridine rings is 1. The number of ether oxygens (including phenoxy) is 1. The smallest absolute Gasteiger partial charge is 0.184 e. The molecule has 2 unspecified atom stereocenters. The Kier molecular flexibility index (Phi) is 5.65. The minimum Gasteiger partial charge on any atom is -0.391 e. The first-order valence-corrected chi connectivity index (χ1v) is 12.7. The summed E-state index contributed by atoms with van der Waals surface area (Å²) >= 11 is 1.67. The Bertz CT molecular complexity index is 1260. The van der Waals surface area contributed by atoms with Crippen LogP contribution in [-0.4, -0.2) is 57.9 Å². The van der Waals surface area contributed by atoms with Gasteiger partial charge in [-0.05, 0) is 36.6 Å². The molecule has 4 aromatic rings. The number of aromatic nitrogens is 3. The van der Waals surface area contributed by atoms with E-state index in [0.717, 1.165) is 74.7 Å². The van der Waals surface area contributed by atoms with Gasteiger partial charge in [0, 0.05) is 49.4 Å². The number of rotatable bonds is 5. The van der Waals surface area contributed by atoms with E-state index in [2.05, 4.69) is 56.1 Å². The number of nitrogens with zero attached hydrogens (tertiary/aromatic N) is 4. The van der Waals surface area contributed by atoms with Crippen molar-refractivity contribution in [2.75, 3.05) is 36.5 Å². The van der Waals surface area contributed by atoms with E-state index in [1.165, 1.54) is 21.6 Å². The average molecular weight is 464 g/mol. The fraction of sp³-hybridized carbons (Fsp3) is 0.440. The number of hydrogen-bond donors (Lipinski definition) is 2. The first-order valence-electron chi connectivity index (χ1n) is 11.9. The fourth-order valence-corrected chi connectivity index (χ4v) is 5.95. The maximum absolute atomic E-state index is 10.3. The number of aliphatic hydroxyl groups excluding tert-OH is 1. The summed E-state index contributed by atoms with van der Waals surface area (Å²) in [5, 5.41) is 14.6. The van der Waals surface area contributed by atoms with Crippen molar-refractivity contribution >= 4 is 38.0 Å². The molecule has 3 aromatic heterocycles. The molecule has 1 aliphatic heterocycles. The van der Waals surface area contributed by atoms with Gasteiger partial charge in [-0.1, -0.05) is 30.2 Å². The van der Waals surface area contributed by atoms with E-state index in [4.69, 9.17) is 9.72 Å². The van der Waals surface area contributed by atoms with Crippen LogP contribution in [0, 0.1) is 0 Å². The van der Waals surface area contributed by atoms with E-state index < -0.39 is 0 Å². The SMILES string of the molecule is OC1CCCCC1Nc1nc2ccc(Cc3cnc4cc(N5CCOCC5)ccn34)cc2s1. The summed E-state index contributed by atoms with van der Waals surface area (Å²) in [6.07, 6.45) is 8.80. The molecule has 7 nitrogen and oxygen atoms in total. The highest BCUT2D eigenvalue weighted by molar-refractivity contribution is 7.22.